The normalized spacial score (nSPS) is 13.0. The minimum Gasteiger partial charge on any atom is -0.497 e. The molecule has 118 valence electrons. The van der Waals surface area contributed by atoms with Gasteiger partial charge in [0.1, 0.15) is 5.75 Å². The van der Waals surface area contributed by atoms with Gasteiger partial charge in [0.2, 0.25) is 0 Å². The fourth-order valence-electron chi connectivity index (χ4n) is 2.37. The minimum atomic E-state index is -4.33. The van der Waals surface area contributed by atoms with Gasteiger partial charge in [-0.2, -0.15) is 13.2 Å². The maximum Gasteiger partial charge on any atom is 0.416 e. The lowest BCUT2D eigenvalue weighted by Gasteiger charge is -2.17. The van der Waals surface area contributed by atoms with Crippen LogP contribution in [0.5, 0.6) is 5.75 Å². The molecule has 0 amide bonds. The maximum atomic E-state index is 12.8. The third-order valence-electron chi connectivity index (χ3n) is 3.61. The first-order valence-corrected chi connectivity index (χ1v) is 6.94. The van der Waals surface area contributed by atoms with Gasteiger partial charge >= 0.3 is 6.18 Å². The summed E-state index contributed by atoms with van der Waals surface area (Å²) in [5.74, 6) is 0.702. The summed E-state index contributed by atoms with van der Waals surface area (Å²) in [6.45, 7) is 0.364. The van der Waals surface area contributed by atoms with E-state index in [9.17, 15) is 13.2 Å². The van der Waals surface area contributed by atoms with Crippen LogP contribution in [0.4, 0.5) is 13.2 Å². The number of hydrogen-bond donors (Lipinski definition) is 1. The molecule has 2 N–H and O–H groups in total. The number of nitrogens with two attached hydrogens (primary N) is 1. The molecule has 0 heterocycles. The zero-order valence-corrected chi connectivity index (χ0v) is 12.2. The summed E-state index contributed by atoms with van der Waals surface area (Å²) < 4.78 is 43.4. The van der Waals surface area contributed by atoms with Gasteiger partial charge in [0.25, 0.3) is 0 Å². The first-order valence-electron chi connectivity index (χ1n) is 6.94. The zero-order chi connectivity index (χ0) is 16.2. The van der Waals surface area contributed by atoms with Crippen molar-refractivity contribution in [3.05, 3.63) is 65.2 Å². The van der Waals surface area contributed by atoms with Crippen LogP contribution in [-0.2, 0) is 12.6 Å². The van der Waals surface area contributed by atoms with Crippen LogP contribution in [0.15, 0.2) is 48.5 Å². The third-order valence-corrected chi connectivity index (χ3v) is 3.61. The monoisotopic (exact) mass is 309 g/mol. The lowest BCUT2D eigenvalue weighted by atomic mass is 9.91. The van der Waals surface area contributed by atoms with Crippen LogP contribution in [0.25, 0.3) is 0 Å². The molecule has 2 rings (SSSR count). The zero-order valence-electron chi connectivity index (χ0n) is 12.2. The largest absolute Gasteiger partial charge is 0.497 e. The Morgan fingerprint density at radius 1 is 1.09 bits per heavy atom. The minimum absolute atomic E-state index is 0.0330. The summed E-state index contributed by atoms with van der Waals surface area (Å²) in [6, 6.07) is 12.8. The first kappa shape index (κ1) is 16.4. The quantitative estimate of drug-likeness (QED) is 0.906. The van der Waals surface area contributed by atoms with Crippen LogP contribution in [0, 0.1) is 0 Å². The summed E-state index contributed by atoms with van der Waals surface area (Å²) in [6.07, 6.45) is -3.86. The van der Waals surface area contributed by atoms with Crippen LogP contribution in [0.2, 0.25) is 0 Å². The average Bonchev–Trinajstić information content (AvgIpc) is 2.52. The molecular weight excluding hydrogens is 291 g/mol. The number of benzene rings is 2. The van der Waals surface area contributed by atoms with Crippen molar-refractivity contribution in [1.82, 2.24) is 0 Å². The number of ether oxygens (including phenoxy) is 1. The Morgan fingerprint density at radius 3 is 2.32 bits per heavy atom. The van der Waals surface area contributed by atoms with E-state index in [1.54, 1.807) is 13.2 Å². The standard InChI is InChI=1S/C17H18F3NO/c1-22-16-7-5-13(6-8-16)14(11-21)9-12-3-2-4-15(10-12)17(18,19)20/h2-8,10,14H,9,11,21H2,1H3. The van der Waals surface area contributed by atoms with Gasteiger partial charge in [-0.15, -0.1) is 0 Å². The molecule has 0 bridgehead atoms. The van der Waals surface area contributed by atoms with Crippen LogP contribution in [-0.4, -0.2) is 13.7 Å². The van der Waals surface area contributed by atoms with Gasteiger partial charge in [-0.05, 0) is 42.3 Å². The van der Waals surface area contributed by atoms with Crippen molar-refractivity contribution in [2.24, 2.45) is 5.73 Å². The highest BCUT2D eigenvalue weighted by atomic mass is 19.4. The van der Waals surface area contributed by atoms with Crippen LogP contribution in [0.1, 0.15) is 22.6 Å². The van der Waals surface area contributed by atoms with Crippen molar-refractivity contribution in [2.75, 3.05) is 13.7 Å². The van der Waals surface area contributed by atoms with Crippen molar-refractivity contribution in [2.45, 2.75) is 18.5 Å². The van der Waals surface area contributed by atoms with Gasteiger partial charge in [-0.1, -0.05) is 30.3 Å². The number of rotatable bonds is 5. The highest BCUT2D eigenvalue weighted by molar-refractivity contribution is 5.32. The second-order valence-corrected chi connectivity index (χ2v) is 5.11. The predicted octanol–water partition coefficient (Wildman–Crippen LogP) is 4.00. The number of alkyl halides is 3. The van der Waals surface area contributed by atoms with Crippen molar-refractivity contribution >= 4 is 0 Å². The highest BCUT2D eigenvalue weighted by Crippen LogP contribution is 2.31. The van der Waals surface area contributed by atoms with Crippen LogP contribution >= 0.6 is 0 Å². The molecule has 5 heteroatoms. The Labute approximate surface area is 127 Å². The van der Waals surface area contributed by atoms with E-state index in [1.807, 2.05) is 24.3 Å². The lowest BCUT2D eigenvalue weighted by molar-refractivity contribution is -0.137. The summed E-state index contributed by atoms with van der Waals surface area (Å²) >= 11 is 0. The highest BCUT2D eigenvalue weighted by Gasteiger charge is 2.30. The molecule has 2 nitrogen and oxygen atoms in total. The van der Waals surface area contributed by atoms with E-state index in [4.69, 9.17) is 10.5 Å². The van der Waals surface area contributed by atoms with E-state index in [0.29, 0.717) is 18.5 Å². The van der Waals surface area contributed by atoms with Crippen molar-refractivity contribution in [3.63, 3.8) is 0 Å². The first-order chi connectivity index (χ1) is 10.4. The molecule has 0 saturated carbocycles. The third kappa shape index (κ3) is 4.01. The summed E-state index contributed by atoms with van der Waals surface area (Å²) in [7, 11) is 1.58. The Balaban J connectivity index is 2.19. The van der Waals surface area contributed by atoms with E-state index < -0.39 is 11.7 Å². The molecule has 1 atom stereocenters. The molecule has 0 radical (unpaired) electrons. The number of hydrogen-bond acceptors (Lipinski definition) is 2. The molecule has 0 aromatic heterocycles. The van der Waals surface area contributed by atoms with Crippen molar-refractivity contribution < 1.29 is 17.9 Å². The Kier molecular flexibility index (Phi) is 5.08. The molecule has 2 aromatic rings. The fraction of sp³-hybridized carbons (Fsp3) is 0.294. The molecule has 0 aliphatic carbocycles. The van der Waals surface area contributed by atoms with Gasteiger partial charge in [-0.3, -0.25) is 0 Å². The molecule has 0 saturated heterocycles. The SMILES string of the molecule is COc1ccc(C(CN)Cc2cccc(C(F)(F)F)c2)cc1. The molecule has 0 fully saturated rings. The molecule has 1 unspecified atom stereocenters. The van der Waals surface area contributed by atoms with E-state index in [1.165, 1.54) is 12.1 Å². The smallest absolute Gasteiger partial charge is 0.416 e. The van der Waals surface area contributed by atoms with E-state index in [-0.39, 0.29) is 5.92 Å². The molecule has 2 aromatic carbocycles. The number of halogens is 3. The molecular formula is C17H18F3NO. The van der Waals surface area contributed by atoms with E-state index in [0.717, 1.165) is 17.4 Å². The Hall–Kier alpha value is -2.01. The van der Waals surface area contributed by atoms with E-state index in [2.05, 4.69) is 0 Å². The summed E-state index contributed by atoms with van der Waals surface area (Å²) in [4.78, 5) is 0. The van der Waals surface area contributed by atoms with Crippen LogP contribution in [0.3, 0.4) is 0 Å². The fourth-order valence-corrected chi connectivity index (χ4v) is 2.37. The van der Waals surface area contributed by atoms with Gasteiger partial charge in [0, 0.05) is 5.92 Å². The summed E-state index contributed by atoms with van der Waals surface area (Å²) in [5.41, 5.74) is 6.78. The topological polar surface area (TPSA) is 35.2 Å². The van der Waals surface area contributed by atoms with E-state index >= 15 is 0 Å². The lowest BCUT2D eigenvalue weighted by Crippen LogP contribution is -2.15. The average molecular weight is 309 g/mol. The molecule has 0 spiro atoms. The van der Waals surface area contributed by atoms with Crippen molar-refractivity contribution in [1.29, 1.82) is 0 Å². The van der Waals surface area contributed by atoms with Crippen molar-refractivity contribution in [3.8, 4) is 5.75 Å². The van der Waals surface area contributed by atoms with Gasteiger partial charge < -0.3 is 10.5 Å². The Bertz CT molecular complexity index is 608. The van der Waals surface area contributed by atoms with Gasteiger partial charge in [0.05, 0.1) is 12.7 Å². The van der Waals surface area contributed by atoms with Gasteiger partial charge in [0.15, 0.2) is 0 Å². The number of methoxy groups -OCH3 is 1. The summed E-state index contributed by atoms with van der Waals surface area (Å²) in [5, 5.41) is 0. The molecule has 22 heavy (non-hydrogen) atoms. The molecule has 0 aliphatic heterocycles. The maximum absolute atomic E-state index is 12.8. The van der Waals surface area contributed by atoms with Gasteiger partial charge in [-0.25, -0.2) is 0 Å². The van der Waals surface area contributed by atoms with Crippen LogP contribution < -0.4 is 10.5 Å². The molecule has 0 aliphatic rings. The second-order valence-electron chi connectivity index (χ2n) is 5.11. The second kappa shape index (κ2) is 6.83. The predicted molar refractivity (Wildman–Crippen MR) is 79.9 cm³/mol. The Morgan fingerprint density at radius 2 is 1.77 bits per heavy atom.